The van der Waals surface area contributed by atoms with Crippen LogP contribution in [0.1, 0.15) is 42.5 Å². The van der Waals surface area contributed by atoms with Crippen LogP contribution in [0.25, 0.3) is 0 Å². The summed E-state index contributed by atoms with van der Waals surface area (Å²) in [5.74, 6) is -4.54. The smallest absolute Gasteiger partial charge is 0.412 e. The van der Waals surface area contributed by atoms with E-state index in [0.29, 0.717) is 11.1 Å². The lowest BCUT2D eigenvalue weighted by Gasteiger charge is -2.51. The van der Waals surface area contributed by atoms with E-state index in [9.17, 15) is 27.9 Å². The van der Waals surface area contributed by atoms with Crippen molar-refractivity contribution in [1.29, 1.82) is 5.26 Å². The third-order valence-electron chi connectivity index (χ3n) is 5.68. The van der Waals surface area contributed by atoms with Crippen LogP contribution in [0.15, 0.2) is 60.6 Å². The van der Waals surface area contributed by atoms with E-state index in [0.717, 1.165) is 18.0 Å². The summed E-state index contributed by atoms with van der Waals surface area (Å²) < 4.78 is 43.7. The number of carbonyl (C=O) groups is 2. The topological polar surface area (TPSA) is 94.3 Å². The minimum Gasteiger partial charge on any atom is -0.478 e. The Bertz CT molecular complexity index is 1080. The molecule has 0 saturated heterocycles. The molecule has 31 heavy (non-hydrogen) atoms. The van der Waals surface area contributed by atoms with Crippen molar-refractivity contribution < 1.29 is 27.9 Å². The number of hydrogen-bond acceptors (Lipinski definition) is 5. The van der Waals surface area contributed by atoms with Gasteiger partial charge in [0.1, 0.15) is 11.1 Å². The highest BCUT2D eigenvalue weighted by Crippen LogP contribution is 2.52. The molecule has 1 aromatic heterocycles. The number of aromatic nitrogens is 1. The number of carboxylic acids is 1. The number of benzene rings is 1. The van der Waals surface area contributed by atoms with Crippen molar-refractivity contribution in [2.75, 3.05) is 0 Å². The maximum atomic E-state index is 14.6. The van der Waals surface area contributed by atoms with E-state index in [-0.39, 0.29) is 5.56 Å². The Morgan fingerprint density at radius 1 is 1.23 bits per heavy atom. The number of hydrogen-bond donors (Lipinski definition) is 1. The van der Waals surface area contributed by atoms with E-state index in [1.54, 1.807) is 0 Å². The van der Waals surface area contributed by atoms with Gasteiger partial charge in [0.25, 0.3) is 0 Å². The van der Waals surface area contributed by atoms with Gasteiger partial charge in [-0.1, -0.05) is 12.1 Å². The van der Waals surface area contributed by atoms with Crippen molar-refractivity contribution in [3.05, 3.63) is 77.3 Å². The molecule has 0 radical (unpaired) electrons. The van der Waals surface area contributed by atoms with Crippen LogP contribution in [0.3, 0.4) is 0 Å². The van der Waals surface area contributed by atoms with Gasteiger partial charge in [0.15, 0.2) is 5.78 Å². The second kappa shape index (κ2) is 7.87. The van der Waals surface area contributed by atoms with Crippen LogP contribution in [0.5, 0.6) is 0 Å². The lowest BCUT2D eigenvalue weighted by Crippen LogP contribution is -2.63. The van der Waals surface area contributed by atoms with Gasteiger partial charge in [0.2, 0.25) is 0 Å². The summed E-state index contributed by atoms with van der Waals surface area (Å²) in [6, 6.07) is 9.49. The molecule has 3 rings (SSSR count). The maximum absolute atomic E-state index is 14.6. The van der Waals surface area contributed by atoms with E-state index >= 15 is 0 Å². The second-order valence-corrected chi connectivity index (χ2v) is 7.39. The van der Waals surface area contributed by atoms with E-state index in [1.807, 2.05) is 6.07 Å². The molecular formula is C22H18F3N3O3. The zero-order valence-electron chi connectivity index (χ0n) is 16.6. The molecule has 0 aliphatic carbocycles. The minimum absolute atomic E-state index is 0.0173. The van der Waals surface area contributed by atoms with Crippen molar-refractivity contribution in [3.63, 3.8) is 0 Å². The van der Waals surface area contributed by atoms with Gasteiger partial charge >= 0.3 is 12.1 Å². The molecule has 0 spiro atoms. The monoisotopic (exact) mass is 429 g/mol. The summed E-state index contributed by atoms with van der Waals surface area (Å²) in [4.78, 5) is 29.4. The van der Waals surface area contributed by atoms with Crippen molar-refractivity contribution >= 4 is 11.8 Å². The molecular weight excluding hydrogens is 411 g/mol. The van der Waals surface area contributed by atoms with E-state index in [4.69, 9.17) is 5.26 Å². The first-order chi connectivity index (χ1) is 14.5. The number of rotatable bonds is 4. The molecule has 3 unspecified atom stereocenters. The number of pyridine rings is 1. The molecule has 0 fully saturated rings. The van der Waals surface area contributed by atoms with Crippen LogP contribution in [-0.4, -0.2) is 38.5 Å². The van der Waals surface area contributed by atoms with E-state index < -0.39 is 41.0 Å². The Balaban J connectivity index is 2.26. The molecule has 0 bridgehead atoms. The van der Waals surface area contributed by atoms with E-state index in [1.165, 1.54) is 55.7 Å². The zero-order valence-corrected chi connectivity index (χ0v) is 16.6. The molecule has 1 aromatic carbocycles. The van der Waals surface area contributed by atoms with Crippen LogP contribution in [-0.2, 0) is 9.59 Å². The Kier molecular flexibility index (Phi) is 5.59. The van der Waals surface area contributed by atoms with Crippen molar-refractivity contribution in [1.82, 2.24) is 9.88 Å². The molecule has 1 aliphatic heterocycles. The lowest BCUT2D eigenvalue weighted by atomic mass is 9.71. The summed E-state index contributed by atoms with van der Waals surface area (Å²) in [7, 11) is 0. The number of aliphatic carboxylic acids is 1. The highest BCUT2D eigenvalue weighted by atomic mass is 19.4. The van der Waals surface area contributed by atoms with E-state index in [2.05, 4.69) is 4.98 Å². The highest BCUT2D eigenvalue weighted by molar-refractivity contribution is 6.20. The molecule has 1 aliphatic rings. The SMILES string of the molecule is CC(c1ccc(C#N)cc1)N1C=C(C(=O)O)C(=O)C(c2ccncc2)C1(C)C(F)(F)F. The fourth-order valence-corrected chi connectivity index (χ4v) is 3.91. The predicted octanol–water partition coefficient (Wildman–Crippen LogP) is 3.97. The average Bonchev–Trinajstić information content (AvgIpc) is 2.73. The Morgan fingerprint density at radius 3 is 2.29 bits per heavy atom. The number of halogens is 3. The molecule has 9 heteroatoms. The number of ketones is 1. The maximum Gasteiger partial charge on any atom is 0.412 e. The second-order valence-electron chi connectivity index (χ2n) is 7.39. The first-order valence-corrected chi connectivity index (χ1v) is 9.26. The zero-order chi connectivity index (χ0) is 23.0. The number of nitrogens with zero attached hydrogens (tertiary/aromatic N) is 3. The van der Waals surface area contributed by atoms with Gasteiger partial charge in [-0.25, -0.2) is 4.79 Å². The standard InChI is InChI=1S/C22H18F3N3O3/c1-13(15-5-3-14(11-26)4-6-15)28-12-17(20(30)31)19(29)18(16-7-9-27-10-8-16)21(28,2)22(23,24)25/h3-10,12-13,18H,1-2H3,(H,30,31). The number of alkyl halides is 3. The van der Waals surface area contributed by atoms with Crippen LogP contribution < -0.4 is 0 Å². The van der Waals surface area contributed by atoms with Gasteiger partial charge in [-0.3, -0.25) is 9.78 Å². The summed E-state index contributed by atoms with van der Waals surface area (Å²) in [6.07, 6.45) is -1.60. The molecule has 1 N–H and O–H groups in total. The van der Waals surface area contributed by atoms with Gasteiger partial charge < -0.3 is 10.0 Å². The average molecular weight is 429 g/mol. The highest BCUT2D eigenvalue weighted by Gasteiger charge is 2.64. The summed E-state index contributed by atoms with van der Waals surface area (Å²) >= 11 is 0. The minimum atomic E-state index is -4.89. The van der Waals surface area contributed by atoms with Crippen LogP contribution >= 0.6 is 0 Å². The fourth-order valence-electron chi connectivity index (χ4n) is 3.91. The predicted molar refractivity (Wildman–Crippen MR) is 104 cm³/mol. The largest absolute Gasteiger partial charge is 0.478 e. The van der Waals surface area contributed by atoms with Crippen molar-refractivity contribution in [2.45, 2.75) is 37.5 Å². The summed E-state index contributed by atoms with van der Waals surface area (Å²) in [5.41, 5.74) is -2.69. The van der Waals surface area contributed by atoms with Gasteiger partial charge in [0.05, 0.1) is 23.6 Å². The molecule has 2 heterocycles. The number of nitriles is 1. The number of Topliss-reactive ketones (excluding diaryl/α,β-unsaturated/α-hetero) is 1. The molecule has 160 valence electrons. The normalized spacial score (nSPS) is 22.5. The quantitative estimate of drug-likeness (QED) is 0.739. The molecule has 0 amide bonds. The molecule has 2 aromatic rings. The van der Waals surface area contributed by atoms with Gasteiger partial charge in [-0.05, 0) is 49.2 Å². The van der Waals surface area contributed by atoms with Crippen LogP contribution in [0, 0.1) is 11.3 Å². The van der Waals surface area contributed by atoms with Gasteiger partial charge in [-0.2, -0.15) is 18.4 Å². The molecule has 3 atom stereocenters. The Morgan fingerprint density at radius 2 is 1.81 bits per heavy atom. The number of carbonyl (C=O) groups excluding carboxylic acids is 1. The first kappa shape index (κ1) is 22.0. The molecule has 0 saturated carbocycles. The molecule has 6 nitrogen and oxygen atoms in total. The summed E-state index contributed by atoms with van der Waals surface area (Å²) in [5, 5.41) is 18.5. The van der Waals surface area contributed by atoms with Crippen molar-refractivity contribution in [3.8, 4) is 6.07 Å². The summed E-state index contributed by atoms with van der Waals surface area (Å²) in [6.45, 7) is 2.38. The Hall–Kier alpha value is -3.67. The van der Waals surface area contributed by atoms with Gasteiger partial charge in [-0.15, -0.1) is 0 Å². The van der Waals surface area contributed by atoms with Gasteiger partial charge in [0, 0.05) is 18.6 Å². The number of carboxylic acid groups (broad SMARTS) is 1. The Labute approximate surface area is 176 Å². The lowest BCUT2D eigenvalue weighted by molar-refractivity contribution is -0.233. The van der Waals surface area contributed by atoms with Crippen LogP contribution in [0.2, 0.25) is 0 Å². The van der Waals surface area contributed by atoms with Crippen LogP contribution in [0.4, 0.5) is 13.2 Å². The first-order valence-electron chi connectivity index (χ1n) is 9.26. The third kappa shape index (κ3) is 3.65. The van der Waals surface area contributed by atoms with Crippen molar-refractivity contribution in [2.24, 2.45) is 0 Å². The fraction of sp³-hybridized carbons (Fsp3) is 0.273. The third-order valence-corrected chi connectivity index (χ3v) is 5.68.